The molecular weight excluding hydrogens is 324 g/mol. The number of nitrogens with one attached hydrogen (secondary N) is 2. The number of hydrogen-bond donors (Lipinski definition) is 2. The van der Waals surface area contributed by atoms with Crippen LogP contribution in [0.1, 0.15) is 30.5 Å². The number of carbonyl (C=O) groups is 1. The number of benzene rings is 2. The van der Waals surface area contributed by atoms with Crippen molar-refractivity contribution < 1.29 is 4.79 Å². The van der Waals surface area contributed by atoms with E-state index in [0.717, 1.165) is 25.1 Å². The van der Waals surface area contributed by atoms with Gasteiger partial charge in [-0.05, 0) is 37.0 Å². The van der Waals surface area contributed by atoms with Crippen LogP contribution in [0.3, 0.4) is 0 Å². The highest BCUT2D eigenvalue weighted by atomic mass is 16.2. The molecule has 2 N–H and O–H groups in total. The summed E-state index contributed by atoms with van der Waals surface area (Å²) in [6.07, 6.45) is 2.03. The number of amides is 1. The van der Waals surface area contributed by atoms with E-state index in [4.69, 9.17) is 0 Å². The van der Waals surface area contributed by atoms with Crippen LogP contribution in [0, 0.1) is 0 Å². The number of rotatable bonds is 4. The van der Waals surface area contributed by atoms with E-state index in [9.17, 15) is 4.79 Å². The number of para-hydroxylation sites is 1. The van der Waals surface area contributed by atoms with Gasteiger partial charge < -0.3 is 15.5 Å². The fourth-order valence-electron chi connectivity index (χ4n) is 3.27. The number of aryl methyl sites for hydroxylation is 1. The fourth-order valence-corrected chi connectivity index (χ4v) is 3.27. The van der Waals surface area contributed by atoms with Crippen molar-refractivity contribution in [2.24, 2.45) is 4.99 Å². The highest BCUT2D eigenvalue weighted by Crippen LogP contribution is 2.26. The molecule has 0 aromatic heterocycles. The molecule has 1 atom stereocenters. The molecule has 5 nitrogen and oxygen atoms in total. The maximum atomic E-state index is 12.7. The van der Waals surface area contributed by atoms with Gasteiger partial charge >= 0.3 is 0 Å². The highest BCUT2D eigenvalue weighted by Gasteiger charge is 2.22. The van der Waals surface area contributed by atoms with Crippen molar-refractivity contribution in [1.29, 1.82) is 0 Å². The van der Waals surface area contributed by atoms with E-state index in [0.29, 0.717) is 5.96 Å². The van der Waals surface area contributed by atoms with E-state index in [-0.39, 0.29) is 18.5 Å². The molecule has 1 aliphatic heterocycles. The lowest BCUT2D eigenvalue weighted by atomic mass is 10.0. The first-order valence-corrected chi connectivity index (χ1v) is 9.09. The lowest BCUT2D eigenvalue weighted by molar-refractivity contribution is -0.117. The van der Waals surface area contributed by atoms with Gasteiger partial charge in [-0.25, -0.2) is 0 Å². The molecule has 2 aromatic rings. The maximum Gasteiger partial charge on any atom is 0.246 e. The molecular formula is C21H26N4O. The predicted molar refractivity (Wildman–Crippen MR) is 106 cm³/mol. The molecule has 26 heavy (non-hydrogen) atoms. The predicted octanol–water partition coefficient (Wildman–Crippen LogP) is 2.89. The molecule has 2 aromatic carbocycles. The Morgan fingerprint density at radius 1 is 1.15 bits per heavy atom. The summed E-state index contributed by atoms with van der Waals surface area (Å²) < 4.78 is 0. The van der Waals surface area contributed by atoms with Gasteiger partial charge in [0.2, 0.25) is 5.91 Å². The zero-order valence-electron chi connectivity index (χ0n) is 15.4. The topological polar surface area (TPSA) is 56.7 Å². The van der Waals surface area contributed by atoms with Gasteiger partial charge in [-0.2, -0.15) is 0 Å². The lowest BCUT2D eigenvalue weighted by Gasteiger charge is -2.30. The van der Waals surface area contributed by atoms with Crippen LogP contribution in [-0.4, -0.2) is 32.0 Å². The van der Waals surface area contributed by atoms with Crippen molar-refractivity contribution >= 4 is 17.6 Å². The first kappa shape index (κ1) is 18.0. The summed E-state index contributed by atoms with van der Waals surface area (Å²) in [6, 6.07) is 18.4. The van der Waals surface area contributed by atoms with E-state index in [1.807, 2.05) is 41.3 Å². The summed E-state index contributed by atoms with van der Waals surface area (Å²) in [6.45, 7) is 3.06. The van der Waals surface area contributed by atoms with Crippen molar-refractivity contribution in [3.8, 4) is 0 Å². The molecule has 3 rings (SSSR count). The fraction of sp³-hybridized carbons (Fsp3) is 0.333. The summed E-state index contributed by atoms with van der Waals surface area (Å²) in [5.74, 6) is 0.687. The van der Waals surface area contributed by atoms with Crippen LogP contribution in [-0.2, 0) is 11.2 Å². The van der Waals surface area contributed by atoms with Crippen LogP contribution in [0.5, 0.6) is 0 Å². The summed E-state index contributed by atoms with van der Waals surface area (Å²) in [5, 5.41) is 6.47. The Balaban J connectivity index is 1.58. The monoisotopic (exact) mass is 350 g/mol. The van der Waals surface area contributed by atoms with Crippen molar-refractivity contribution in [3.63, 3.8) is 0 Å². The van der Waals surface area contributed by atoms with Gasteiger partial charge in [-0.15, -0.1) is 0 Å². The van der Waals surface area contributed by atoms with Crippen molar-refractivity contribution in [2.75, 3.05) is 25.0 Å². The van der Waals surface area contributed by atoms with Gasteiger partial charge in [-0.1, -0.05) is 48.5 Å². The average molecular weight is 350 g/mol. The molecule has 1 amide bonds. The average Bonchev–Trinajstić information content (AvgIpc) is 2.70. The van der Waals surface area contributed by atoms with Gasteiger partial charge in [0.15, 0.2) is 5.96 Å². The summed E-state index contributed by atoms with van der Waals surface area (Å²) in [4.78, 5) is 18.8. The van der Waals surface area contributed by atoms with Crippen molar-refractivity contribution in [3.05, 3.63) is 65.7 Å². The van der Waals surface area contributed by atoms with Crippen LogP contribution < -0.4 is 15.5 Å². The van der Waals surface area contributed by atoms with Crippen LogP contribution in [0.2, 0.25) is 0 Å². The van der Waals surface area contributed by atoms with E-state index in [1.54, 1.807) is 7.05 Å². The molecule has 1 unspecified atom stereocenters. The van der Waals surface area contributed by atoms with Gasteiger partial charge in [0.25, 0.3) is 0 Å². The van der Waals surface area contributed by atoms with E-state index in [1.165, 1.54) is 11.1 Å². The van der Waals surface area contributed by atoms with Gasteiger partial charge in [0, 0.05) is 19.3 Å². The van der Waals surface area contributed by atoms with Gasteiger partial charge in [0.1, 0.15) is 0 Å². The molecule has 0 fully saturated rings. The number of carbonyl (C=O) groups excluding carboxylic acids is 1. The number of guanidine groups is 1. The smallest absolute Gasteiger partial charge is 0.246 e. The van der Waals surface area contributed by atoms with E-state index >= 15 is 0 Å². The SMILES string of the molecule is CN=C(NCC(=O)N1CCCc2ccccc21)NC(C)c1ccccc1. The zero-order chi connectivity index (χ0) is 18.4. The molecule has 0 radical (unpaired) electrons. The largest absolute Gasteiger partial charge is 0.350 e. The molecule has 1 aliphatic rings. The molecule has 136 valence electrons. The second-order valence-corrected chi connectivity index (χ2v) is 6.48. The molecule has 0 saturated carbocycles. The standard InChI is InChI=1S/C21H26N4O/c1-16(17-9-4-3-5-10-17)24-21(22-2)23-15-20(26)25-14-8-12-18-11-6-7-13-19(18)25/h3-7,9-11,13,16H,8,12,14-15H2,1-2H3,(H2,22,23,24). The Kier molecular flexibility index (Phi) is 5.89. The Hall–Kier alpha value is -2.82. The third kappa shape index (κ3) is 4.23. The second-order valence-electron chi connectivity index (χ2n) is 6.48. The molecule has 0 saturated heterocycles. The van der Waals surface area contributed by atoms with E-state index < -0.39 is 0 Å². The van der Waals surface area contributed by atoms with Crippen molar-refractivity contribution in [2.45, 2.75) is 25.8 Å². The lowest BCUT2D eigenvalue weighted by Crippen LogP contribution is -2.46. The van der Waals surface area contributed by atoms with Gasteiger partial charge in [0.05, 0.1) is 12.6 Å². The summed E-state index contributed by atoms with van der Waals surface area (Å²) in [7, 11) is 1.72. The number of nitrogens with zero attached hydrogens (tertiary/aromatic N) is 2. The number of anilines is 1. The van der Waals surface area contributed by atoms with Crippen LogP contribution in [0.4, 0.5) is 5.69 Å². The third-order valence-corrected chi connectivity index (χ3v) is 4.69. The molecule has 0 aliphatic carbocycles. The Morgan fingerprint density at radius 3 is 2.65 bits per heavy atom. The minimum absolute atomic E-state index is 0.0625. The number of fused-ring (bicyclic) bond motifs is 1. The Bertz CT molecular complexity index is 773. The number of hydrogen-bond acceptors (Lipinski definition) is 2. The molecule has 0 spiro atoms. The minimum Gasteiger partial charge on any atom is -0.350 e. The van der Waals surface area contributed by atoms with Crippen molar-refractivity contribution in [1.82, 2.24) is 10.6 Å². The molecule has 1 heterocycles. The Morgan fingerprint density at radius 2 is 1.88 bits per heavy atom. The van der Waals surface area contributed by atoms with Gasteiger partial charge in [-0.3, -0.25) is 9.79 Å². The number of aliphatic imine (C=N–C) groups is 1. The first-order valence-electron chi connectivity index (χ1n) is 9.09. The maximum absolute atomic E-state index is 12.7. The zero-order valence-corrected chi connectivity index (χ0v) is 15.4. The first-order chi connectivity index (χ1) is 12.7. The molecule has 5 heteroatoms. The minimum atomic E-state index is 0.0625. The Labute approximate surface area is 155 Å². The molecule has 0 bridgehead atoms. The highest BCUT2D eigenvalue weighted by molar-refractivity contribution is 5.98. The quantitative estimate of drug-likeness (QED) is 0.658. The second kappa shape index (κ2) is 8.52. The summed E-state index contributed by atoms with van der Waals surface area (Å²) in [5.41, 5.74) is 3.45. The van der Waals surface area contributed by atoms with Crippen LogP contribution >= 0.6 is 0 Å². The third-order valence-electron chi connectivity index (χ3n) is 4.69. The van der Waals surface area contributed by atoms with Crippen LogP contribution in [0.25, 0.3) is 0 Å². The normalized spacial score (nSPS) is 15.2. The van der Waals surface area contributed by atoms with E-state index in [2.05, 4.69) is 40.7 Å². The van der Waals surface area contributed by atoms with Crippen LogP contribution in [0.15, 0.2) is 59.6 Å². The summed E-state index contributed by atoms with van der Waals surface area (Å²) >= 11 is 0.